The Labute approximate surface area is 154 Å². The van der Waals surface area contributed by atoms with Crippen LogP contribution in [0.3, 0.4) is 0 Å². The van der Waals surface area contributed by atoms with Gasteiger partial charge in [-0.15, -0.1) is 0 Å². The molecule has 0 aliphatic heterocycles. The second-order valence-electron chi connectivity index (χ2n) is 5.03. The summed E-state index contributed by atoms with van der Waals surface area (Å²) in [7, 11) is 1.59. The number of rotatable bonds is 6. The lowest BCUT2D eigenvalue weighted by atomic mass is 10.2. The van der Waals surface area contributed by atoms with Crippen molar-refractivity contribution in [1.29, 1.82) is 0 Å². The van der Waals surface area contributed by atoms with Gasteiger partial charge in [0, 0.05) is 17.5 Å². The van der Waals surface area contributed by atoms with Crippen LogP contribution in [0, 0.1) is 0 Å². The molecule has 2 rings (SSSR count). The maximum Gasteiger partial charge on any atom is 0.262 e. The van der Waals surface area contributed by atoms with Gasteiger partial charge in [-0.3, -0.25) is 9.59 Å². The molecule has 0 atom stereocenters. The van der Waals surface area contributed by atoms with E-state index in [0.29, 0.717) is 11.4 Å². The smallest absolute Gasteiger partial charge is 0.262 e. The van der Waals surface area contributed by atoms with E-state index in [-0.39, 0.29) is 16.3 Å². The number of hydrogen-bond acceptors (Lipinski definition) is 3. The zero-order chi connectivity index (χ0) is 18.2. The van der Waals surface area contributed by atoms with Crippen molar-refractivity contribution in [3.63, 3.8) is 0 Å². The van der Waals surface area contributed by atoms with Crippen LogP contribution in [0.1, 0.15) is 5.56 Å². The highest BCUT2D eigenvalue weighted by atomic mass is 79.9. The topological polar surface area (TPSA) is 67.4 Å². The molecule has 2 amide bonds. The van der Waals surface area contributed by atoms with Gasteiger partial charge in [0.05, 0.1) is 11.6 Å². The first-order valence-corrected chi connectivity index (χ1v) is 8.16. The molecule has 5 nitrogen and oxygen atoms in total. The van der Waals surface area contributed by atoms with Crippen LogP contribution in [-0.4, -0.2) is 18.9 Å². The van der Waals surface area contributed by atoms with Gasteiger partial charge in [0.25, 0.3) is 5.91 Å². The minimum absolute atomic E-state index is 0.238. The van der Waals surface area contributed by atoms with Gasteiger partial charge in [0.2, 0.25) is 5.91 Å². The van der Waals surface area contributed by atoms with Crippen molar-refractivity contribution in [2.75, 3.05) is 17.7 Å². The summed E-state index contributed by atoms with van der Waals surface area (Å²) in [5, 5.41) is 5.44. The van der Waals surface area contributed by atoms with E-state index in [1.54, 1.807) is 61.7 Å². The summed E-state index contributed by atoms with van der Waals surface area (Å²) in [6.45, 7) is 3.50. The number of methoxy groups -OCH3 is 1. The molecule has 0 unspecified atom stereocenters. The molecule has 128 valence electrons. The Hall–Kier alpha value is -2.86. The lowest BCUT2D eigenvalue weighted by molar-refractivity contribution is -0.112. The van der Waals surface area contributed by atoms with Gasteiger partial charge >= 0.3 is 0 Å². The maximum atomic E-state index is 11.9. The van der Waals surface area contributed by atoms with Crippen molar-refractivity contribution in [2.45, 2.75) is 0 Å². The summed E-state index contributed by atoms with van der Waals surface area (Å²) in [5.74, 6) is 0.185. The van der Waals surface area contributed by atoms with E-state index in [2.05, 4.69) is 33.1 Å². The summed E-state index contributed by atoms with van der Waals surface area (Å²) in [5.41, 5.74) is 2.16. The number of anilines is 2. The first-order valence-electron chi connectivity index (χ1n) is 7.37. The Bertz CT molecular complexity index is 796. The fraction of sp³-hybridized carbons (Fsp3) is 0.0526. The lowest BCUT2D eigenvalue weighted by Crippen LogP contribution is -2.10. The molecule has 0 spiro atoms. The van der Waals surface area contributed by atoms with Gasteiger partial charge in [-0.25, -0.2) is 0 Å². The Balaban J connectivity index is 1.92. The van der Waals surface area contributed by atoms with Crippen LogP contribution in [0.2, 0.25) is 0 Å². The third-order valence-electron chi connectivity index (χ3n) is 3.20. The summed E-state index contributed by atoms with van der Waals surface area (Å²) in [6.07, 6.45) is 3.13. The molecule has 0 aliphatic rings. The van der Waals surface area contributed by atoms with Crippen molar-refractivity contribution < 1.29 is 14.3 Å². The van der Waals surface area contributed by atoms with Crippen molar-refractivity contribution in [3.8, 4) is 5.75 Å². The van der Waals surface area contributed by atoms with E-state index >= 15 is 0 Å². The minimum Gasteiger partial charge on any atom is -0.497 e. The first-order chi connectivity index (χ1) is 12.0. The third kappa shape index (κ3) is 5.93. The quantitative estimate of drug-likeness (QED) is 0.714. The highest BCUT2D eigenvalue weighted by Crippen LogP contribution is 2.16. The molecular weight excluding hydrogens is 384 g/mol. The number of hydrogen-bond donors (Lipinski definition) is 2. The average Bonchev–Trinajstić information content (AvgIpc) is 2.61. The summed E-state index contributed by atoms with van der Waals surface area (Å²) < 4.78 is 5.32. The van der Waals surface area contributed by atoms with Crippen LogP contribution in [0.15, 0.2) is 65.7 Å². The molecular formula is C19H17BrN2O3. The molecule has 6 heteroatoms. The molecule has 0 saturated carbocycles. The first kappa shape index (κ1) is 18.5. The summed E-state index contributed by atoms with van der Waals surface area (Å²) in [4.78, 5) is 23.4. The van der Waals surface area contributed by atoms with E-state index in [1.807, 2.05) is 0 Å². The minimum atomic E-state index is -0.304. The molecule has 2 aromatic rings. The van der Waals surface area contributed by atoms with Gasteiger partial charge in [-0.1, -0.05) is 18.7 Å². The maximum absolute atomic E-state index is 11.9. The van der Waals surface area contributed by atoms with E-state index in [1.165, 1.54) is 6.08 Å². The normalized spacial score (nSPS) is 10.3. The van der Waals surface area contributed by atoms with Gasteiger partial charge < -0.3 is 15.4 Å². The standard InChI is InChI=1S/C19H17BrN2O3/c1-13(20)19(24)22-16-6-3-14(4-7-16)5-12-18(23)21-15-8-10-17(25-2)11-9-15/h3-12H,1H2,2H3,(H,21,23)(H,22,24)/b12-5+. The zero-order valence-corrected chi connectivity index (χ0v) is 15.2. The van der Waals surface area contributed by atoms with Crippen LogP contribution in [0.25, 0.3) is 6.08 Å². The van der Waals surface area contributed by atoms with E-state index in [0.717, 1.165) is 11.3 Å². The van der Waals surface area contributed by atoms with E-state index < -0.39 is 0 Å². The molecule has 0 radical (unpaired) electrons. The molecule has 25 heavy (non-hydrogen) atoms. The van der Waals surface area contributed by atoms with E-state index in [4.69, 9.17) is 4.74 Å². The summed E-state index contributed by atoms with van der Waals surface area (Å²) >= 11 is 3.02. The lowest BCUT2D eigenvalue weighted by Gasteiger charge is -2.04. The Morgan fingerprint density at radius 3 is 2.12 bits per heavy atom. The molecule has 0 bridgehead atoms. The Kier molecular flexibility index (Phi) is 6.54. The number of benzene rings is 2. The highest BCUT2D eigenvalue weighted by molar-refractivity contribution is 9.12. The SMILES string of the molecule is C=C(Br)C(=O)Nc1ccc(/C=C/C(=O)Nc2ccc(OC)cc2)cc1. The van der Waals surface area contributed by atoms with Gasteiger partial charge in [-0.05, 0) is 64.0 Å². The van der Waals surface area contributed by atoms with Crippen LogP contribution in [0.4, 0.5) is 11.4 Å². The Morgan fingerprint density at radius 2 is 1.56 bits per heavy atom. The Morgan fingerprint density at radius 1 is 1.00 bits per heavy atom. The summed E-state index contributed by atoms with van der Waals surface area (Å²) in [6, 6.07) is 14.2. The van der Waals surface area contributed by atoms with Crippen molar-refractivity contribution in [1.82, 2.24) is 0 Å². The van der Waals surface area contributed by atoms with Crippen molar-refractivity contribution in [2.24, 2.45) is 0 Å². The number of halogens is 1. The fourth-order valence-corrected chi connectivity index (χ4v) is 2.01. The number of carbonyl (C=O) groups is 2. The molecule has 0 heterocycles. The van der Waals surface area contributed by atoms with Crippen molar-refractivity contribution >= 4 is 45.2 Å². The van der Waals surface area contributed by atoms with Crippen LogP contribution < -0.4 is 15.4 Å². The van der Waals surface area contributed by atoms with E-state index in [9.17, 15) is 9.59 Å². The molecule has 2 N–H and O–H groups in total. The molecule has 0 aromatic heterocycles. The number of ether oxygens (including phenoxy) is 1. The fourth-order valence-electron chi connectivity index (χ4n) is 1.91. The predicted octanol–water partition coefficient (Wildman–Crippen LogP) is 4.19. The predicted molar refractivity (Wildman–Crippen MR) is 104 cm³/mol. The largest absolute Gasteiger partial charge is 0.497 e. The molecule has 0 saturated heterocycles. The van der Waals surface area contributed by atoms with Gasteiger partial charge in [0.1, 0.15) is 5.75 Å². The monoisotopic (exact) mass is 400 g/mol. The second-order valence-corrected chi connectivity index (χ2v) is 5.99. The molecule has 2 aromatic carbocycles. The van der Waals surface area contributed by atoms with Crippen LogP contribution in [-0.2, 0) is 9.59 Å². The number of nitrogens with one attached hydrogen (secondary N) is 2. The number of carbonyl (C=O) groups excluding carboxylic acids is 2. The van der Waals surface area contributed by atoms with Gasteiger partial charge in [0.15, 0.2) is 0 Å². The molecule has 0 fully saturated rings. The zero-order valence-electron chi connectivity index (χ0n) is 13.6. The van der Waals surface area contributed by atoms with Crippen LogP contribution in [0.5, 0.6) is 5.75 Å². The third-order valence-corrected chi connectivity index (χ3v) is 3.56. The average molecular weight is 401 g/mol. The van der Waals surface area contributed by atoms with Crippen LogP contribution >= 0.6 is 15.9 Å². The van der Waals surface area contributed by atoms with Gasteiger partial charge in [-0.2, -0.15) is 0 Å². The van der Waals surface area contributed by atoms with Crippen molar-refractivity contribution in [3.05, 3.63) is 71.2 Å². The molecule has 0 aliphatic carbocycles. The second kappa shape index (κ2) is 8.84. The highest BCUT2D eigenvalue weighted by Gasteiger charge is 2.03. The number of amides is 2.